The van der Waals surface area contributed by atoms with E-state index in [1.54, 1.807) is 6.07 Å². The lowest BCUT2D eigenvalue weighted by Gasteiger charge is -2.21. The number of hydrogen-bond acceptors (Lipinski definition) is 2. The van der Waals surface area contributed by atoms with Gasteiger partial charge in [-0.1, -0.05) is 23.7 Å². The molecule has 0 aliphatic heterocycles. The highest BCUT2D eigenvalue weighted by molar-refractivity contribution is 6.30. The molecule has 0 unspecified atom stereocenters. The third-order valence-corrected chi connectivity index (χ3v) is 2.11. The fourth-order valence-corrected chi connectivity index (χ4v) is 1.24. The molecule has 0 aromatic heterocycles. The monoisotopic (exact) mass is 221 g/mol. The van der Waals surface area contributed by atoms with Crippen molar-refractivity contribution in [2.75, 3.05) is 6.61 Å². The zero-order valence-electron chi connectivity index (χ0n) is 7.25. The minimum atomic E-state index is -3.33. The van der Waals surface area contributed by atoms with Crippen LogP contribution in [0.1, 0.15) is 11.6 Å². The molecule has 3 N–H and O–H groups in total. The summed E-state index contributed by atoms with van der Waals surface area (Å²) in [7, 11) is 0. The van der Waals surface area contributed by atoms with E-state index in [0.717, 1.165) is 0 Å². The van der Waals surface area contributed by atoms with Gasteiger partial charge in [0, 0.05) is 5.02 Å². The summed E-state index contributed by atoms with van der Waals surface area (Å²) in [5.74, 6) is -3.33. The Morgan fingerprint density at radius 3 is 2.64 bits per heavy atom. The number of aliphatic hydroxyl groups excluding tert-OH is 1. The van der Waals surface area contributed by atoms with Gasteiger partial charge < -0.3 is 10.8 Å². The Morgan fingerprint density at radius 1 is 1.50 bits per heavy atom. The van der Waals surface area contributed by atoms with Crippen LogP contribution >= 0.6 is 11.6 Å². The first-order chi connectivity index (χ1) is 6.47. The van der Waals surface area contributed by atoms with E-state index in [0.29, 0.717) is 5.02 Å². The predicted molar refractivity (Wildman–Crippen MR) is 50.4 cm³/mol. The molecule has 0 spiro atoms. The van der Waals surface area contributed by atoms with Gasteiger partial charge in [-0.15, -0.1) is 0 Å². The molecule has 0 saturated heterocycles. The summed E-state index contributed by atoms with van der Waals surface area (Å²) < 4.78 is 25.9. The van der Waals surface area contributed by atoms with Gasteiger partial charge in [0.2, 0.25) is 0 Å². The number of halogens is 3. The maximum absolute atomic E-state index is 12.9. The molecule has 14 heavy (non-hydrogen) atoms. The first-order valence-corrected chi connectivity index (χ1v) is 4.35. The van der Waals surface area contributed by atoms with Crippen molar-refractivity contribution < 1.29 is 13.9 Å². The average Bonchev–Trinajstić information content (AvgIpc) is 2.16. The maximum atomic E-state index is 12.9. The van der Waals surface area contributed by atoms with Crippen molar-refractivity contribution in [2.45, 2.75) is 12.0 Å². The first kappa shape index (κ1) is 11.4. The molecule has 1 aromatic carbocycles. The number of hydrogen-bond donors (Lipinski definition) is 2. The topological polar surface area (TPSA) is 46.2 Å². The van der Waals surface area contributed by atoms with Gasteiger partial charge in [-0.25, -0.2) is 8.78 Å². The van der Waals surface area contributed by atoms with E-state index in [2.05, 4.69) is 0 Å². The smallest absolute Gasteiger partial charge is 0.289 e. The van der Waals surface area contributed by atoms with Gasteiger partial charge in [0.15, 0.2) is 0 Å². The van der Waals surface area contributed by atoms with Gasteiger partial charge in [0.1, 0.15) is 6.61 Å². The summed E-state index contributed by atoms with van der Waals surface area (Å²) in [6.07, 6.45) is 0. The summed E-state index contributed by atoms with van der Waals surface area (Å²) in [4.78, 5) is 0. The van der Waals surface area contributed by atoms with Crippen LogP contribution in [0, 0.1) is 0 Å². The maximum Gasteiger partial charge on any atom is 0.289 e. The van der Waals surface area contributed by atoms with E-state index in [1.165, 1.54) is 18.2 Å². The van der Waals surface area contributed by atoms with Crippen molar-refractivity contribution in [3.05, 3.63) is 34.9 Å². The molecule has 2 nitrogen and oxygen atoms in total. The minimum absolute atomic E-state index is 0.205. The number of rotatable bonds is 3. The Labute approximate surface area is 85.3 Å². The molecular formula is C9H10ClF2NO. The van der Waals surface area contributed by atoms with Crippen molar-refractivity contribution in [3.8, 4) is 0 Å². The van der Waals surface area contributed by atoms with E-state index < -0.39 is 18.6 Å². The van der Waals surface area contributed by atoms with Crippen molar-refractivity contribution in [1.29, 1.82) is 0 Å². The molecule has 1 aromatic rings. The Bertz CT molecular complexity index is 319. The molecule has 78 valence electrons. The van der Waals surface area contributed by atoms with Crippen LogP contribution < -0.4 is 5.73 Å². The number of benzene rings is 1. The predicted octanol–water partition coefficient (Wildman–Crippen LogP) is 1.97. The number of aliphatic hydroxyl groups is 1. The highest BCUT2D eigenvalue weighted by Gasteiger charge is 2.37. The normalized spacial score (nSPS) is 14.1. The van der Waals surface area contributed by atoms with Gasteiger partial charge in [-0.3, -0.25) is 0 Å². The summed E-state index contributed by atoms with van der Waals surface area (Å²) in [5, 5.41) is 8.77. The van der Waals surface area contributed by atoms with E-state index in [4.69, 9.17) is 22.4 Å². The fraction of sp³-hybridized carbons (Fsp3) is 0.333. The third kappa shape index (κ3) is 2.41. The third-order valence-electron chi connectivity index (χ3n) is 1.87. The fourth-order valence-electron chi connectivity index (χ4n) is 1.04. The standard InChI is InChI=1S/C9H10ClF2NO/c10-7-3-1-2-6(4-7)8(13)9(11,12)5-14/h1-4,8,14H,5,13H2/t8-/m1/s1. The molecule has 0 heterocycles. The summed E-state index contributed by atoms with van der Waals surface area (Å²) in [6.45, 7) is -1.28. The Balaban J connectivity index is 2.94. The van der Waals surface area contributed by atoms with Gasteiger partial charge >= 0.3 is 0 Å². The average molecular weight is 222 g/mol. The SMILES string of the molecule is N[C@H](c1cccc(Cl)c1)C(F)(F)CO. The lowest BCUT2D eigenvalue weighted by Crippen LogP contribution is -2.36. The zero-order valence-corrected chi connectivity index (χ0v) is 8.01. The molecule has 5 heteroatoms. The van der Waals surface area contributed by atoms with Crippen LogP contribution in [0.5, 0.6) is 0 Å². The van der Waals surface area contributed by atoms with Crippen LogP contribution in [0.25, 0.3) is 0 Å². The molecule has 0 bridgehead atoms. The van der Waals surface area contributed by atoms with Crippen molar-refractivity contribution >= 4 is 11.6 Å². The Kier molecular flexibility index (Phi) is 3.42. The van der Waals surface area contributed by atoms with Crippen molar-refractivity contribution in [1.82, 2.24) is 0 Å². The van der Waals surface area contributed by atoms with Crippen LogP contribution in [0.15, 0.2) is 24.3 Å². The Hall–Kier alpha value is -0.710. The second-order valence-corrected chi connectivity index (χ2v) is 3.39. The second kappa shape index (κ2) is 4.21. The number of alkyl halides is 2. The van der Waals surface area contributed by atoms with Crippen LogP contribution in [-0.2, 0) is 0 Å². The van der Waals surface area contributed by atoms with Gasteiger partial charge in [0.05, 0.1) is 6.04 Å². The van der Waals surface area contributed by atoms with Gasteiger partial charge in [-0.05, 0) is 17.7 Å². The van der Waals surface area contributed by atoms with E-state index >= 15 is 0 Å². The van der Waals surface area contributed by atoms with Crippen LogP contribution in [0.2, 0.25) is 5.02 Å². The molecule has 0 aliphatic carbocycles. The van der Waals surface area contributed by atoms with Gasteiger partial charge in [-0.2, -0.15) is 0 Å². The quantitative estimate of drug-likeness (QED) is 0.820. The van der Waals surface area contributed by atoms with E-state index in [-0.39, 0.29) is 5.56 Å². The molecule has 0 radical (unpaired) electrons. The van der Waals surface area contributed by atoms with E-state index in [1.807, 2.05) is 0 Å². The van der Waals surface area contributed by atoms with Crippen LogP contribution in [0.3, 0.4) is 0 Å². The number of nitrogens with two attached hydrogens (primary N) is 1. The van der Waals surface area contributed by atoms with Crippen molar-refractivity contribution in [3.63, 3.8) is 0 Å². The summed E-state index contributed by atoms with van der Waals surface area (Å²) >= 11 is 5.62. The van der Waals surface area contributed by atoms with Gasteiger partial charge in [0.25, 0.3) is 5.92 Å². The minimum Gasteiger partial charge on any atom is -0.390 e. The van der Waals surface area contributed by atoms with E-state index in [9.17, 15) is 8.78 Å². The molecule has 1 rings (SSSR count). The Morgan fingerprint density at radius 2 is 2.14 bits per heavy atom. The molecular weight excluding hydrogens is 212 g/mol. The highest BCUT2D eigenvalue weighted by atomic mass is 35.5. The molecule has 0 saturated carbocycles. The molecule has 1 atom stereocenters. The first-order valence-electron chi connectivity index (χ1n) is 3.97. The highest BCUT2D eigenvalue weighted by Crippen LogP contribution is 2.29. The summed E-state index contributed by atoms with van der Waals surface area (Å²) in [6, 6.07) is 4.36. The largest absolute Gasteiger partial charge is 0.390 e. The lowest BCUT2D eigenvalue weighted by molar-refractivity contribution is -0.0711. The zero-order chi connectivity index (χ0) is 10.8. The molecule has 0 aliphatic rings. The molecule has 0 amide bonds. The van der Waals surface area contributed by atoms with Crippen molar-refractivity contribution in [2.24, 2.45) is 5.73 Å². The summed E-state index contributed by atoms with van der Waals surface area (Å²) in [5.41, 5.74) is 5.49. The lowest BCUT2D eigenvalue weighted by atomic mass is 10.0. The molecule has 0 fully saturated rings. The van der Waals surface area contributed by atoms with Crippen LogP contribution in [0.4, 0.5) is 8.78 Å². The second-order valence-electron chi connectivity index (χ2n) is 2.95. The van der Waals surface area contributed by atoms with Crippen LogP contribution in [-0.4, -0.2) is 17.6 Å².